The van der Waals surface area contributed by atoms with E-state index in [1.165, 1.54) is 0 Å². The van der Waals surface area contributed by atoms with Crippen LogP contribution in [0.5, 0.6) is 0 Å². The quantitative estimate of drug-likeness (QED) is 0.650. The first-order chi connectivity index (χ1) is 7.89. The van der Waals surface area contributed by atoms with Crippen molar-refractivity contribution in [2.45, 2.75) is 32.9 Å². The second-order valence-corrected chi connectivity index (χ2v) is 4.93. The third kappa shape index (κ3) is 4.86. The van der Waals surface area contributed by atoms with E-state index in [0.29, 0.717) is 13.1 Å². The highest BCUT2D eigenvalue weighted by atomic mass is 16.2. The summed E-state index contributed by atoms with van der Waals surface area (Å²) in [6, 6.07) is -0.493. The van der Waals surface area contributed by atoms with Gasteiger partial charge in [-0.3, -0.25) is 4.68 Å². The first kappa shape index (κ1) is 13.5. The van der Waals surface area contributed by atoms with Gasteiger partial charge in [-0.2, -0.15) is 5.10 Å². The smallest absolute Gasteiger partial charge is 0.312 e. The molecule has 0 radical (unpaired) electrons. The van der Waals surface area contributed by atoms with E-state index in [4.69, 9.17) is 5.73 Å². The number of nitrogens with zero attached hydrogens (tertiary/aromatic N) is 2. The second kappa shape index (κ2) is 5.67. The summed E-state index contributed by atoms with van der Waals surface area (Å²) in [6.07, 6.45) is 3.87. The summed E-state index contributed by atoms with van der Waals surface area (Å²) in [5.41, 5.74) is 6.08. The van der Waals surface area contributed by atoms with Crippen LogP contribution in [-0.4, -0.2) is 28.9 Å². The first-order valence-electron chi connectivity index (χ1n) is 5.67. The van der Waals surface area contributed by atoms with Gasteiger partial charge in [-0.05, 0) is 20.8 Å². The first-order valence-corrected chi connectivity index (χ1v) is 5.67. The average Bonchev–Trinajstić information content (AvgIpc) is 2.64. The Morgan fingerprint density at radius 2 is 2.18 bits per heavy atom. The van der Waals surface area contributed by atoms with Crippen LogP contribution in [0.15, 0.2) is 12.4 Å². The second-order valence-electron chi connectivity index (χ2n) is 4.93. The van der Waals surface area contributed by atoms with E-state index in [1.54, 1.807) is 0 Å². The highest BCUT2D eigenvalue weighted by molar-refractivity contribution is 5.71. The topological polar surface area (TPSA) is 85.0 Å². The van der Waals surface area contributed by atoms with Crippen LogP contribution in [0.3, 0.4) is 0 Å². The summed E-state index contributed by atoms with van der Waals surface area (Å²) in [5, 5.41) is 10.0. The summed E-state index contributed by atoms with van der Waals surface area (Å²) >= 11 is 0. The standard InChI is InChI=1S/C11H21N5O/c1-11(2,3)16-8-9(7-15-16)6-13-4-5-14-10(12)17/h7-8,13H,4-6H2,1-3H3,(H3,12,14,17). The van der Waals surface area contributed by atoms with Gasteiger partial charge in [-0.15, -0.1) is 0 Å². The molecule has 0 saturated heterocycles. The molecule has 1 heterocycles. The number of carbonyl (C=O) groups excluding carboxylic acids is 1. The summed E-state index contributed by atoms with van der Waals surface area (Å²) in [5.74, 6) is 0. The minimum absolute atomic E-state index is 0.00573. The van der Waals surface area contributed by atoms with Crippen molar-refractivity contribution in [3.05, 3.63) is 18.0 Å². The van der Waals surface area contributed by atoms with Crippen molar-refractivity contribution in [3.8, 4) is 0 Å². The number of carbonyl (C=O) groups is 1. The highest BCUT2D eigenvalue weighted by Gasteiger charge is 2.13. The zero-order valence-electron chi connectivity index (χ0n) is 10.7. The van der Waals surface area contributed by atoms with Crippen LogP contribution in [0.2, 0.25) is 0 Å². The lowest BCUT2D eigenvalue weighted by Gasteiger charge is -2.18. The van der Waals surface area contributed by atoms with E-state index in [2.05, 4.69) is 36.5 Å². The minimum Gasteiger partial charge on any atom is -0.352 e. The summed E-state index contributed by atoms with van der Waals surface area (Å²) in [7, 11) is 0. The summed E-state index contributed by atoms with van der Waals surface area (Å²) in [4.78, 5) is 10.4. The Labute approximate surface area is 102 Å². The molecule has 0 unspecified atom stereocenters. The SMILES string of the molecule is CC(C)(C)n1cc(CNCCNC(N)=O)cn1. The maximum Gasteiger partial charge on any atom is 0.312 e. The molecule has 0 saturated carbocycles. The van der Waals surface area contributed by atoms with Crippen molar-refractivity contribution in [1.29, 1.82) is 0 Å². The van der Waals surface area contributed by atoms with Gasteiger partial charge in [0, 0.05) is 31.4 Å². The molecule has 1 aromatic heterocycles. The molecule has 2 amide bonds. The Hall–Kier alpha value is -1.56. The van der Waals surface area contributed by atoms with Crippen molar-refractivity contribution in [3.63, 3.8) is 0 Å². The maximum atomic E-state index is 10.4. The molecule has 0 aliphatic rings. The molecule has 0 atom stereocenters. The third-order valence-electron chi connectivity index (χ3n) is 2.25. The Kier molecular flexibility index (Phi) is 4.51. The van der Waals surface area contributed by atoms with E-state index in [0.717, 1.165) is 12.1 Å². The van der Waals surface area contributed by atoms with E-state index in [1.807, 2.05) is 17.1 Å². The van der Waals surface area contributed by atoms with Gasteiger partial charge < -0.3 is 16.4 Å². The monoisotopic (exact) mass is 239 g/mol. The number of amides is 2. The van der Waals surface area contributed by atoms with Crippen LogP contribution in [0, 0.1) is 0 Å². The Balaban J connectivity index is 2.28. The molecule has 0 bridgehead atoms. The van der Waals surface area contributed by atoms with E-state index in [9.17, 15) is 4.79 Å². The van der Waals surface area contributed by atoms with Crippen molar-refractivity contribution in [1.82, 2.24) is 20.4 Å². The zero-order valence-corrected chi connectivity index (χ0v) is 10.7. The molecule has 6 nitrogen and oxygen atoms in total. The fraction of sp³-hybridized carbons (Fsp3) is 0.636. The number of primary amides is 1. The third-order valence-corrected chi connectivity index (χ3v) is 2.25. The molecule has 1 aromatic rings. The summed E-state index contributed by atoms with van der Waals surface area (Å²) < 4.78 is 1.94. The summed E-state index contributed by atoms with van der Waals surface area (Å²) in [6.45, 7) is 8.26. The van der Waals surface area contributed by atoms with Crippen LogP contribution in [-0.2, 0) is 12.1 Å². The van der Waals surface area contributed by atoms with Gasteiger partial charge in [0.2, 0.25) is 0 Å². The van der Waals surface area contributed by atoms with Crippen LogP contribution in [0.25, 0.3) is 0 Å². The molecule has 0 aromatic carbocycles. The van der Waals surface area contributed by atoms with Crippen LogP contribution in [0.1, 0.15) is 26.3 Å². The molecule has 1 rings (SSSR count). The predicted octanol–water partition coefficient (Wildman–Crippen LogP) is 0.396. The molecule has 6 heteroatoms. The number of nitrogens with one attached hydrogen (secondary N) is 2. The molecule has 96 valence electrons. The zero-order chi connectivity index (χ0) is 12.9. The van der Waals surface area contributed by atoms with Gasteiger partial charge in [0.15, 0.2) is 0 Å². The van der Waals surface area contributed by atoms with Gasteiger partial charge in [-0.1, -0.05) is 0 Å². The van der Waals surface area contributed by atoms with Crippen molar-refractivity contribution >= 4 is 6.03 Å². The number of hydrogen-bond acceptors (Lipinski definition) is 3. The molecule has 0 spiro atoms. The van der Waals surface area contributed by atoms with Gasteiger partial charge in [0.25, 0.3) is 0 Å². The van der Waals surface area contributed by atoms with Crippen molar-refractivity contribution in [2.24, 2.45) is 5.73 Å². The van der Waals surface area contributed by atoms with Gasteiger partial charge >= 0.3 is 6.03 Å². The number of urea groups is 1. The number of aromatic nitrogens is 2. The number of hydrogen-bond donors (Lipinski definition) is 3. The Morgan fingerprint density at radius 3 is 2.71 bits per heavy atom. The van der Waals surface area contributed by atoms with Crippen molar-refractivity contribution in [2.75, 3.05) is 13.1 Å². The van der Waals surface area contributed by atoms with Crippen molar-refractivity contribution < 1.29 is 4.79 Å². The largest absolute Gasteiger partial charge is 0.352 e. The van der Waals surface area contributed by atoms with Crippen LogP contribution >= 0.6 is 0 Å². The van der Waals surface area contributed by atoms with Crippen LogP contribution in [0.4, 0.5) is 4.79 Å². The number of nitrogens with two attached hydrogens (primary N) is 1. The van der Waals surface area contributed by atoms with E-state index in [-0.39, 0.29) is 5.54 Å². The van der Waals surface area contributed by atoms with Gasteiger partial charge in [-0.25, -0.2) is 4.79 Å². The molecule has 0 aliphatic heterocycles. The lowest BCUT2D eigenvalue weighted by atomic mass is 10.1. The lowest BCUT2D eigenvalue weighted by molar-refractivity contribution is 0.249. The maximum absolute atomic E-state index is 10.4. The van der Waals surface area contributed by atoms with E-state index >= 15 is 0 Å². The van der Waals surface area contributed by atoms with Crippen LogP contribution < -0.4 is 16.4 Å². The fourth-order valence-electron chi connectivity index (χ4n) is 1.33. The Morgan fingerprint density at radius 1 is 1.47 bits per heavy atom. The normalized spacial score (nSPS) is 11.5. The lowest BCUT2D eigenvalue weighted by Crippen LogP contribution is -2.35. The fourth-order valence-corrected chi connectivity index (χ4v) is 1.33. The molecule has 0 aliphatic carbocycles. The molecule has 17 heavy (non-hydrogen) atoms. The Bertz CT molecular complexity index is 366. The van der Waals surface area contributed by atoms with E-state index < -0.39 is 6.03 Å². The highest BCUT2D eigenvalue weighted by Crippen LogP contribution is 2.12. The minimum atomic E-state index is -0.493. The molecular formula is C11H21N5O. The average molecular weight is 239 g/mol. The predicted molar refractivity (Wildman–Crippen MR) is 66.5 cm³/mol. The molecule has 0 fully saturated rings. The number of rotatable bonds is 5. The molecular weight excluding hydrogens is 218 g/mol. The molecule has 4 N–H and O–H groups in total. The van der Waals surface area contributed by atoms with Gasteiger partial charge in [0.05, 0.1) is 11.7 Å². The van der Waals surface area contributed by atoms with Gasteiger partial charge in [0.1, 0.15) is 0 Å².